The molecule has 0 heterocycles. The standard InChI is InChI=1S/C20H17NO3/c22-19(21-13-14-5-9-17(10-6-14)20(23)24)12-15-7-8-16-3-1-2-4-18(16)11-15/h1-11H,12-13H2,(H,21,22)(H,23,24). The fourth-order valence-electron chi connectivity index (χ4n) is 2.56. The first-order valence-corrected chi connectivity index (χ1v) is 7.68. The lowest BCUT2D eigenvalue weighted by molar-refractivity contribution is -0.120. The third-order valence-electron chi connectivity index (χ3n) is 3.87. The van der Waals surface area contributed by atoms with Crippen molar-refractivity contribution in [3.8, 4) is 0 Å². The van der Waals surface area contributed by atoms with Gasteiger partial charge in [0, 0.05) is 6.54 Å². The molecule has 0 unspecified atom stereocenters. The van der Waals surface area contributed by atoms with E-state index in [2.05, 4.69) is 5.32 Å². The summed E-state index contributed by atoms with van der Waals surface area (Å²) in [6.07, 6.45) is 0.318. The maximum Gasteiger partial charge on any atom is 0.335 e. The summed E-state index contributed by atoms with van der Waals surface area (Å²) in [5.41, 5.74) is 2.07. The number of fused-ring (bicyclic) bond motifs is 1. The SMILES string of the molecule is O=C(Cc1ccc2ccccc2c1)NCc1ccc(C(=O)O)cc1. The number of hydrogen-bond acceptors (Lipinski definition) is 2. The quantitative estimate of drug-likeness (QED) is 0.757. The summed E-state index contributed by atoms with van der Waals surface area (Å²) < 4.78 is 0. The number of hydrogen-bond donors (Lipinski definition) is 2. The minimum absolute atomic E-state index is 0.0624. The molecule has 0 fully saturated rings. The summed E-state index contributed by atoms with van der Waals surface area (Å²) in [5.74, 6) is -1.02. The van der Waals surface area contributed by atoms with Gasteiger partial charge in [0.2, 0.25) is 5.91 Å². The predicted molar refractivity (Wildman–Crippen MR) is 92.9 cm³/mol. The summed E-state index contributed by atoms with van der Waals surface area (Å²) in [4.78, 5) is 22.9. The Kier molecular flexibility index (Phi) is 4.57. The van der Waals surface area contributed by atoms with Crippen LogP contribution < -0.4 is 5.32 Å². The van der Waals surface area contributed by atoms with E-state index in [1.54, 1.807) is 12.1 Å². The van der Waals surface area contributed by atoms with E-state index in [9.17, 15) is 9.59 Å². The van der Waals surface area contributed by atoms with Gasteiger partial charge in [-0.1, -0.05) is 54.6 Å². The second kappa shape index (κ2) is 6.96. The predicted octanol–water partition coefficient (Wildman–Crippen LogP) is 3.40. The Morgan fingerprint density at radius 3 is 2.21 bits per heavy atom. The van der Waals surface area contributed by atoms with E-state index in [0.717, 1.165) is 21.9 Å². The van der Waals surface area contributed by atoms with Crippen molar-refractivity contribution >= 4 is 22.6 Å². The van der Waals surface area contributed by atoms with Crippen LogP contribution in [0.15, 0.2) is 66.7 Å². The molecule has 3 aromatic carbocycles. The van der Waals surface area contributed by atoms with Gasteiger partial charge in [0.1, 0.15) is 0 Å². The van der Waals surface area contributed by atoms with Gasteiger partial charge in [-0.05, 0) is 34.0 Å². The Hall–Kier alpha value is -3.14. The molecule has 2 N–H and O–H groups in total. The first kappa shape index (κ1) is 15.7. The highest BCUT2D eigenvalue weighted by atomic mass is 16.4. The van der Waals surface area contributed by atoms with Crippen LogP contribution in [0.4, 0.5) is 0 Å². The molecule has 0 radical (unpaired) electrons. The van der Waals surface area contributed by atoms with Crippen LogP contribution >= 0.6 is 0 Å². The Morgan fingerprint density at radius 2 is 1.50 bits per heavy atom. The Balaban J connectivity index is 1.59. The van der Waals surface area contributed by atoms with Crippen molar-refractivity contribution in [2.75, 3.05) is 0 Å². The zero-order valence-corrected chi connectivity index (χ0v) is 13.0. The minimum atomic E-state index is -0.957. The number of rotatable bonds is 5. The molecule has 3 rings (SSSR count). The van der Waals surface area contributed by atoms with Gasteiger partial charge >= 0.3 is 5.97 Å². The summed E-state index contributed by atoms with van der Waals surface area (Å²) in [7, 11) is 0. The third-order valence-corrected chi connectivity index (χ3v) is 3.87. The zero-order valence-electron chi connectivity index (χ0n) is 13.0. The van der Waals surface area contributed by atoms with Crippen LogP contribution in [0.5, 0.6) is 0 Å². The molecular formula is C20H17NO3. The van der Waals surface area contributed by atoms with Crippen LogP contribution in [0.1, 0.15) is 21.5 Å². The molecule has 120 valence electrons. The van der Waals surface area contributed by atoms with Crippen LogP contribution in [-0.4, -0.2) is 17.0 Å². The van der Waals surface area contributed by atoms with E-state index >= 15 is 0 Å². The van der Waals surface area contributed by atoms with Crippen LogP contribution in [0.3, 0.4) is 0 Å². The highest BCUT2D eigenvalue weighted by Crippen LogP contribution is 2.16. The highest BCUT2D eigenvalue weighted by Gasteiger charge is 2.06. The Morgan fingerprint density at radius 1 is 0.833 bits per heavy atom. The van der Waals surface area contributed by atoms with Crippen molar-refractivity contribution < 1.29 is 14.7 Å². The second-order valence-corrected chi connectivity index (χ2v) is 5.64. The smallest absolute Gasteiger partial charge is 0.335 e. The van der Waals surface area contributed by atoms with Crippen molar-refractivity contribution in [1.82, 2.24) is 5.32 Å². The van der Waals surface area contributed by atoms with E-state index in [4.69, 9.17) is 5.11 Å². The average molecular weight is 319 g/mol. The Labute approximate surface area is 139 Å². The molecule has 0 aliphatic carbocycles. The van der Waals surface area contributed by atoms with Gasteiger partial charge in [-0.2, -0.15) is 0 Å². The van der Waals surface area contributed by atoms with E-state index < -0.39 is 5.97 Å². The van der Waals surface area contributed by atoms with Crippen molar-refractivity contribution in [2.24, 2.45) is 0 Å². The normalized spacial score (nSPS) is 10.5. The third kappa shape index (κ3) is 3.79. The number of aromatic carboxylic acids is 1. The number of carbonyl (C=O) groups is 2. The van der Waals surface area contributed by atoms with Crippen molar-refractivity contribution in [1.29, 1.82) is 0 Å². The van der Waals surface area contributed by atoms with Crippen LogP contribution in [-0.2, 0) is 17.8 Å². The molecule has 0 saturated carbocycles. The molecule has 0 bridgehead atoms. The number of nitrogens with one attached hydrogen (secondary N) is 1. The zero-order chi connectivity index (χ0) is 16.9. The summed E-state index contributed by atoms with van der Waals surface area (Å²) in [6.45, 7) is 0.381. The highest BCUT2D eigenvalue weighted by molar-refractivity contribution is 5.87. The second-order valence-electron chi connectivity index (χ2n) is 5.64. The van der Waals surface area contributed by atoms with E-state index in [1.807, 2.05) is 42.5 Å². The van der Waals surface area contributed by atoms with Crippen LogP contribution in [0.25, 0.3) is 10.8 Å². The summed E-state index contributed by atoms with van der Waals surface area (Å²) >= 11 is 0. The van der Waals surface area contributed by atoms with Gasteiger partial charge < -0.3 is 10.4 Å². The molecule has 3 aromatic rings. The molecule has 0 aliphatic heterocycles. The number of amides is 1. The van der Waals surface area contributed by atoms with Crippen molar-refractivity contribution in [3.05, 3.63) is 83.4 Å². The molecule has 4 heteroatoms. The van der Waals surface area contributed by atoms with Crippen LogP contribution in [0, 0.1) is 0 Å². The molecule has 0 saturated heterocycles. The fraction of sp³-hybridized carbons (Fsp3) is 0.100. The molecule has 0 aromatic heterocycles. The van der Waals surface area contributed by atoms with Gasteiger partial charge in [-0.15, -0.1) is 0 Å². The molecule has 4 nitrogen and oxygen atoms in total. The summed E-state index contributed by atoms with van der Waals surface area (Å²) in [6, 6.07) is 20.5. The van der Waals surface area contributed by atoms with E-state index in [-0.39, 0.29) is 11.5 Å². The number of carbonyl (C=O) groups excluding carboxylic acids is 1. The molecule has 1 amide bonds. The minimum Gasteiger partial charge on any atom is -0.478 e. The number of carboxylic acid groups (broad SMARTS) is 1. The lowest BCUT2D eigenvalue weighted by atomic mass is 10.0. The van der Waals surface area contributed by atoms with Crippen molar-refractivity contribution in [2.45, 2.75) is 13.0 Å². The van der Waals surface area contributed by atoms with Gasteiger partial charge in [-0.3, -0.25) is 4.79 Å². The van der Waals surface area contributed by atoms with Crippen molar-refractivity contribution in [3.63, 3.8) is 0 Å². The molecule has 0 spiro atoms. The maximum absolute atomic E-state index is 12.1. The van der Waals surface area contributed by atoms with Gasteiger partial charge in [0.25, 0.3) is 0 Å². The van der Waals surface area contributed by atoms with Gasteiger partial charge in [-0.25, -0.2) is 4.79 Å². The molecule has 0 atom stereocenters. The molecular weight excluding hydrogens is 302 g/mol. The number of carboxylic acids is 1. The first-order chi connectivity index (χ1) is 11.6. The largest absolute Gasteiger partial charge is 0.478 e. The lowest BCUT2D eigenvalue weighted by Gasteiger charge is -2.07. The van der Waals surface area contributed by atoms with E-state index in [1.165, 1.54) is 12.1 Å². The van der Waals surface area contributed by atoms with Crippen LogP contribution in [0.2, 0.25) is 0 Å². The summed E-state index contributed by atoms with van der Waals surface area (Å²) in [5, 5.41) is 14.0. The Bertz CT molecular complexity index is 885. The topological polar surface area (TPSA) is 66.4 Å². The lowest BCUT2D eigenvalue weighted by Crippen LogP contribution is -2.24. The fourth-order valence-corrected chi connectivity index (χ4v) is 2.56. The average Bonchev–Trinajstić information content (AvgIpc) is 2.60. The maximum atomic E-state index is 12.1. The first-order valence-electron chi connectivity index (χ1n) is 7.68. The van der Waals surface area contributed by atoms with Gasteiger partial charge in [0.15, 0.2) is 0 Å². The van der Waals surface area contributed by atoms with E-state index in [0.29, 0.717) is 13.0 Å². The monoisotopic (exact) mass is 319 g/mol. The number of benzene rings is 3. The van der Waals surface area contributed by atoms with Gasteiger partial charge in [0.05, 0.1) is 12.0 Å². The molecule has 0 aliphatic rings. The molecule has 24 heavy (non-hydrogen) atoms.